The predicted molar refractivity (Wildman–Crippen MR) is 119 cm³/mol. The molecule has 162 valence electrons. The minimum Gasteiger partial charge on any atom is -0.461 e. The molecule has 0 amide bonds. The van der Waals surface area contributed by atoms with Crippen molar-refractivity contribution in [3.63, 3.8) is 0 Å². The van der Waals surface area contributed by atoms with Crippen LogP contribution in [-0.2, 0) is 32.3 Å². The highest BCUT2D eigenvalue weighted by atomic mass is 35.5. The third-order valence-corrected chi connectivity index (χ3v) is 5.15. The molecule has 0 aliphatic heterocycles. The average molecular weight is 451 g/mol. The summed E-state index contributed by atoms with van der Waals surface area (Å²) in [6, 6.07) is 14.4. The number of rotatable bonds is 11. The van der Waals surface area contributed by atoms with Crippen molar-refractivity contribution >= 4 is 35.1 Å². The van der Waals surface area contributed by atoms with Gasteiger partial charge in [-0.3, -0.25) is 9.59 Å². The van der Waals surface area contributed by atoms with Crippen LogP contribution >= 0.6 is 23.2 Å². The maximum atomic E-state index is 12.6. The molecule has 0 radical (unpaired) electrons. The molecule has 6 heteroatoms. The Hall–Kier alpha value is -2.04. The fourth-order valence-electron chi connectivity index (χ4n) is 2.97. The van der Waals surface area contributed by atoms with E-state index in [9.17, 15) is 9.59 Å². The number of ether oxygens (including phenoxy) is 2. The summed E-state index contributed by atoms with van der Waals surface area (Å²) in [5.41, 5.74) is 1.66. The van der Waals surface area contributed by atoms with Crippen LogP contribution < -0.4 is 0 Å². The van der Waals surface area contributed by atoms with Crippen LogP contribution in [0.5, 0.6) is 0 Å². The number of benzene rings is 2. The summed E-state index contributed by atoms with van der Waals surface area (Å²) in [4.78, 5) is 24.8. The highest BCUT2D eigenvalue weighted by molar-refractivity contribution is 6.30. The van der Waals surface area contributed by atoms with Gasteiger partial charge >= 0.3 is 11.9 Å². The molecule has 4 nitrogen and oxygen atoms in total. The smallest absolute Gasteiger partial charge is 0.309 e. The number of carbonyl (C=O) groups excluding carboxylic acids is 2. The van der Waals surface area contributed by atoms with Crippen molar-refractivity contribution in [2.45, 2.75) is 52.7 Å². The lowest BCUT2D eigenvalue weighted by molar-refractivity contribution is -0.151. The van der Waals surface area contributed by atoms with Crippen LogP contribution in [0.25, 0.3) is 0 Å². The molecule has 2 rings (SSSR count). The molecule has 1 atom stereocenters. The van der Waals surface area contributed by atoms with Gasteiger partial charge in [0.25, 0.3) is 0 Å². The Morgan fingerprint density at radius 1 is 0.833 bits per heavy atom. The molecule has 0 saturated carbocycles. The SMILES string of the molecule is CC(C)CCC(CCC(=O)OCc1cccc(Cl)c1)C(=O)OCc1cccc(Cl)c1. The number of halogens is 2. The minimum atomic E-state index is -0.342. The Labute approximate surface area is 188 Å². The first-order chi connectivity index (χ1) is 14.3. The van der Waals surface area contributed by atoms with Crippen molar-refractivity contribution in [3.8, 4) is 0 Å². The molecule has 0 N–H and O–H groups in total. The number of hydrogen-bond acceptors (Lipinski definition) is 4. The third-order valence-electron chi connectivity index (χ3n) is 4.68. The monoisotopic (exact) mass is 450 g/mol. The van der Waals surface area contributed by atoms with E-state index in [-0.39, 0.29) is 37.5 Å². The van der Waals surface area contributed by atoms with Gasteiger partial charge in [0.15, 0.2) is 0 Å². The lowest BCUT2D eigenvalue weighted by Gasteiger charge is -2.17. The van der Waals surface area contributed by atoms with Crippen molar-refractivity contribution in [2.24, 2.45) is 11.8 Å². The maximum Gasteiger partial charge on any atom is 0.309 e. The zero-order valence-corrected chi connectivity index (χ0v) is 18.9. The topological polar surface area (TPSA) is 52.6 Å². The Morgan fingerprint density at radius 2 is 1.40 bits per heavy atom. The summed E-state index contributed by atoms with van der Waals surface area (Å²) in [6.45, 7) is 4.54. The quantitative estimate of drug-likeness (QED) is 0.361. The van der Waals surface area contributed by atoms with Crippen LogP contribution in [0.2, 0.25) is 10.0 Å². The molecule has 0 saturated heterocycles. The molecular weight excluding hydrogens is 423 g/mol. The van der Waals surface area contributed by atoms with Crippen molar-refractivity contribution in [1.29, 1.82) is 0 Å². The van der Waals surface area contributed by atoms with E-state index >= 15 is 0 Å². The van der Waals surface area contributed by atoms with E-state index < -0.39 is 0 Å². The second-order valence-corrected chi connectivity index (χ2v) is 8.61. The first-order valence-electron chi connectivity index (χ1n) is 10.1. The Bertz CT molecular complexity index is 835. The maximum absolute atomic E-state index is 12.6. The molecule has 0 aromatic heterocycles. The van der Waals surface area contributed by atoms with Gasteiger partial charge in [-0.25, -0.2) is 0 Å². The molecule has 2 aromatic carbocycles. The lowest BCUT2D eigenvalue weighted by atomic mass is 9.94. The first kappa shape index (κ1) is 24.2. The Morgan fingerprint density at radius 3 is 1.93 bits per heavy atom. The zero-order chi connectivity index (χ0) is 21.9. The summed E-state index contributed by atoms with van der Waals surface area (Å²) < 4.78 is 10.8. The molecule has 0 aliphatic rings. The fourth-order valence-corrected chi connectivity index (χ4v) is 3.39. The minimum absolute atomic E-state index is 0.162. The van der Waals surface area contributed by atoms with Crippen molar-refractivity contribution in [1.82, 2.24) is 0 Å². The molecule has 0 heterocycles. The van der Waals surface area contributed by atoms with Gasteiger partial charge in [0, 0.05) is 16.5 Å². The van der Waals surface area contributed by atoms with Gasteiger partial charge < -0.3 is 9.47 Å². The van der Waals surface area contributed by atoms with Crippen LogP contribution in [0.1, 0.15) is 50.7 Å². The number of esters is 2. The highest BCUT2D eigenvalue weighted by Crippen LogP contribution is 2.21. The molecule has 0 aliphatic carbocycles. The largest absolute Gasteiger partial charge is 0.461 e. The Balaban J connectivity index is 1.84. The molecule has 30 heavy (non-hydrogen) atoms. The van der Waals surface area contributed by atoms with Crippen LogP contribution in [0.3, 0.4) is 0 Å². The first-order valence-corrected chi connectivity index (χ1v) is 10.9. The van der Waals surface area contributed by atoms with E-state index in [2.05, 4.69) is 13.8 Å². The average Bonchev–Trinajstić information content (AvgIpc) is 2.70. The van der Waals surface area contributed by atoms with Gasteiger partial charge in [0.1, 0.15) is 13.2 Å². The standard InChI is InChI=1S/C24H28Cl2O4/c1-17(2)9-10-20(24(28)30-16-19-6-4-8-22(26)14-19)11-12-23(27)29-15-18-5-3-7-21(25)13-18/h3-8,13-14,17,20H,9-12,15-16H2,1-2H3. The fraction of sp³-hybridized carbons (Fsp3) is 0.417. The van der Waals surface area contributed by atoms with Crippen LogP contribution in [-0.4, -0.2) is 11.9 Å². The second-order valence-electron chi connectivity index (χ2n) is 7.74. The summed E-state index contributed by atoms with van der Waals surface area (Å²) >= 11 is 11.9. The molecule has 0 spiro atoms. The van der Waals surface area contributed by atoms with Crippen molar-refractivity contribution in [3.05, 3.63) is 69.7 Å². The zero-order valence-electron chi connectivity index (χ0n) is 17.4. The molecule has 2 aromatic rings. The van der Waals surface area contributed by atoms with Crippen molar-refractivity contribution in [2.75, 3.05) is 0 Å². The van der Waals surface area contributed by atoms with Crippen LogP contribution in [0.15, 0.2) is 48.5 Å². The lowest BCUT2D eigenvalue weighted by Crippen LogP contribution is -2.20. The molecule has 0 fully saturated rings. The van der Waals surface area contributed by atoms with E-state index in [0.29, 0.717) is 28.8 Å². The van der Waals surface area contributed by atoms with Gasteiger partial charge in [-0.05, 0) is 54.2 Å². The van der Waals surface area contributed by atoms with Gasteiger partial charge in [-0.1, -0.05) is 67.7 Å². The molecule has 0 bridgehead atoms. The number of carbonyl (C=O) groups is 2. The Kier molecular flexibility index (Phi) is 10.2. The van der Waals surface area contributed by atoms with Gasteiger partial charge in [-0.15, -0.1) is 0 Å². The normalized spacial score (nSPS) is 11.9. The van der Waals surface area contributed by atoms with Gasteiger partial charge in [0.2, 0.25) is 0 Å². The summed E-state index contributed by atoms with van der Waals surface area (Å²) in [5, 5.41) is 1.20. The van der Waals surface area contributed by atoms with Crippen LogP contribution in [0, 0.1) is 11.8 Å². The van der Waals surface area contributed by atoms with Crippen LogP contribution in [0.4, 0.5) is 0 Å². The summed E-state index contributed by atoms with van der Waals surface area (Å²) in [6.07, 6.45) is 2.12. The second kappa shape index (κ2) is 12.6. The van der Waals surface area contributed by atoms with E-state index in [1.165, 1.54) is 0 Å². The van der Waals surface area contributed by atoms with Gasteiger partial charge in [0.05, 0.1) is 5.92 Å². The summed E-state index contributed by atoms with van der Waals surface area (Å²) in [5.74, 6) is -0.515. The highest BCUT2D eigenvalue weighted by Gasteiger charge is 2.22. The number of hydrogen-bond donors (Lipinski definition) is 0. The van der Waals surface area contributed by atoms with E-state index in [4.69, 9.17) is 32.7 Å². The third kappa shape index (κ3) is 9.19. The summed E-state index contributed by atoms with van der Waals surface area (Å²) in [7, 11) is 0. The predicted octanol–water partition coefficient (Wildman–Crippen LogP) is 6.61. The van der Waals surface area contributed by atoms with E-state index in [1.54, 1.807) is 24.3 Å². The molecule has 1 unspecified atom stereocenters. The van der Waals surface area contributed by atoms with E-state index in [0.717, 1.165) is 17.5 Å². The van der Waals surface area contributed by atoms with Gasteiger partial charge in [-0.2, -0.15) is 0 Å². The van der Waals surface area contributed by atoms with E-state index in [1.807, 2.05) is 24.3 Å². The molecular formula is C24H28Cl2O4. The van der Waals surface area contributed by atoms with Crippen molar-refractivity contribution < 1.29 is 19.1 Å².